The third-order valence-corrected chi connectivity index (χ3v) is 6.22. The highest BCUT2D eigenvalue weighted by Gasteiger charge is 2.25. The van der Waals surface area contributed by atoms with Gasteiger partial charge in [0.05, 0.1) is 6.04 Å². The first kappa shape index (κ1) is 19.4. The molecule has 0 saturated heterocycles. The fraction of sp³-hybridized carbons (Fsp3) is 0.222. The van der Waals surface area contributed by atoms with Crippen molar-refractivity contribution in [2.75, 3.05) is 0 Å². The van der Waals surface area contributed by atoms with Crippen LogP contribution in [0.4, 0.5) is 4.79 Å². The van der Waals surface area contributed by atoms with Crippen molar-refractivity contribution in [3.63, 3.8) is 0 Å². The van der Waals surface area contributed by atoms with E-state index in [9.17, 15) is 4.79 Å². The van der Waals surface area contributed by atoms with Crippen LogP contribution in [0.3, 0.4) is 0 Å². The lowest BCUT2D eigenvalue weighted by Crippen LogP contribution is -2.45. The zero-order valence-electron chi connectivity index (χ0n) is 17.7. The van der Waals surface area contributed by atoms with Crippen LogP contribution in [0.25, 0.3) is 10.9 Å². The highest BCUT2D eigenvalue weighted by Crippen LogP contribution is 2.30. The van der Waals surface area contributed by atoms with Crippen molar-refractivity contribution in [3.8, 4) is 0 Å². The molecular weight excluding hydrogens is 382 g/mol. The normalized spacial score (nSPS) is 15.6. The first-order valence-corrected chi connectivity index (χ1v) is 10.9. The largest absolute Gasteiger partial charge is 0.358 e. The summed E-state index contributed by atoms with van der Waals surface area (Å²) in [6.45, 7) is 2.13. The standard InChI is InChI=1S/C27H27N3O/c1-18-12-15-24-23(16-18)22-14-13-21(17-25(22)29-24)28-27(31)30-26(19-8-4-2-5-9-19)20-10-6-3-7-11-20/h2-12,15-16,21,26,29H,13-14,17H2,1H3,(H2,28,30,31). The van der Waals surface area contributed by atoms with E-state index < -0.39 is 0 Å². The average Bonchev–Trinajstić information content (AvgIpc) is 3.15. The molecule has 4 heteroatoms. The third kappa shape index (κ3) is 4.06. The molecule has 0 fully saturated rings. The topological polar surface area (TPSA) is 56.9 Å². The SMILES string of the molecule is Cc1ccc2[nH]c3c(c2c1)CCC(NC(=O)NC(c1ccccc1)c1ccccc1)C3. The van der Waals surface area contributed by atoms with Crippen LogP contribution in [0, 0.1) is 6.92 Å². The number of amides is 2. The van der Waals surface area contributed by atoms with Crippen LogP contribution in [0.15, 0.2) is 78.9 Å². The van der Waals surface area contributed by atoms with Crippen molar-refractivity contribution < 1.29 is 4.79 Å². The van der Waals surface area contributed by atoms with Crippen LogP contribution in [-0.4, -0.2) is 17.1 Å². The number of carbonyl (C=O) groups is 1. The highest BCUT2D eigenvalue weighted by atomic mass is 16.2. The maximum absolute atomic E-state index is 13.0. The van der Waals surface area contributed by atoms with Crippen molar-refractivity contribution in [1.29, 1.82) is 0 Å². The molecule has 3 aromatic carbocycles. The molecule has 1 heterocycles. The van der Waals surface area contributed by atoms with Gasteiger partial charge in [-0.3, -0.25) is 0 Å². The van der Waals surface area contributed by atoms with E-state index in [0.717, 1.165) is 30.4 Å². The van der Waals surface area contributed by atoms with Gasteiger partial charge >= 0.3 is 6.03 Å². The summed E-state index contributed by atoms with van der Waals surface area (Å²) in [7, 11) is 0. The van der Waals surface area contributed by atoms with E-state index >= 15 is 0 Å². The molecule has 1 aromatic heterocycles. The molecule has 1 aliphatic rings. The Morgan fingerprint density at radius 1 is 0.968 bits per heavy atom. The number of urea groups is 1. The van der Waals surface area contributed by atoms with Crippen LogP contribution in [-0.2, 0) is 12.8 Å². The molecule has 4 aromatic rings. The maximum Gasteiger partial charge on any atom is 0.315 e. The lowest BCUT2D eigenvalue weighted by Gasteiger charge is -2.26. The first-order valence-electron chi connectivity index (χ1n) is 10.9. The van der Waals surface area contributed by atoms with Gasteiger partial charge in [-0.25, -0.2) is 4.79 Å². The fourth-order valence-electron chi connectivity index (χ4n) is 4.68. The zero-order valence-corrected chi connectivity index (χ0v) is 17.7. The summed E-state index contributed by atoms with van der Waals surface area (Å²) in [5, 5.41) is 7.74. The van der Waals surface area contributed by atoms with Gasteiger partial charge in [-0.2, -0.15) is 0 Å². The number of hydrogen-bond acceptors (Lipinski definition) is 1. The number of fused-ring (bicyclic) bond motifs is 3. The van der Waals surface area contributed by atoms with Gasteiger partial charge in [0.2, 0.25) is 0 Å². The van der Waals surface area contributed by atoms with E-state index in [2.05, 4.69) is 65.0 Å². The molecule has 31 heavy (non-hydrogen) atoms. The van der Waals surface area contributed by atoms with E-state index in [1.165, 1.54) is 27.7 Å². The van der Waals surface area contributed by atoms with E-state index in [1.54, 1.807) is 0 Å². The van der Waals surface area contributed by atoms with Crippen LogP contribution in [0.2, 0.25) is 0 Å². The molecule has 4 nitrogen and oxygen atoms in total. The van der Waals surface area contributed by atoms with Crippen LogP contribution >= 0.6 is 0 Å². The van der Waals surface area contributed by atoms with Gasteiger partial charge in [-0.15, -0.1) is 0 Å². The molecule has 0 radical (unpaired) electrons. The Morgan fingerprint density at radius 2 is 1.65 bits per heavy atom. The van der Waals surface area contributed by atoms with Gasteiger partial charge in [0.15, 0.2) is 0 Å². The highest BCUT2D eigenvalue weighted by molar-refractivity contribution is 5.85. The Balaban J connectivity index is 1.31. The Hall–Kier alpha value is -3.53. The minimum absolute atomic E-state index is 0.119. The van der Waals surface area contributed by atoms with Crippen LogP contribution < -0.4 is 10.6 Å². The third-order valence-electron chi connectivity index (χ3n) is 6.22. The number of aromatic nitrogens is 1. The van der Waals surface area contributed by atoms with Gasteiger partial charge in [0, 0.05) is 29.1 Å². The molecule has 156 valence electrons. The second kappa shape index (κ2) is 8.31. The van der Waals surface area contributed by atoms with Crippen LogP contribution in [0.5, 0.6) is 0 Å². The predicted molar refractivity (Wildman–Crippen MR) is 125 cm³/mol. The van der Waals surface area contributed by atoms with Crippen LogP contribution in [0.1, 0.15) is 40.4 Å². The monoisotopic (exact) mass is 409 g/mol. The molecule has 0 bridgehead atoms. The molecule has 5 rings (SSSR count). The van der Waals surface area contributed by atoms with Gasteiger partial charge < -0.3 is 15.6 Å². The molecule has 3 N–H and O–H groups in total. The molecule has 1 atom stereocenters. The second-order valence-corrected chi connectivity index (χ2v) is 8.44. The van der Waals surface area contributed by atoms with Crippen molar-refractivity contribution in [2.45, 2.75) is 38.3 Å². The Morgan fingerprint density at radius 3 is 2.32 bits per heavy atom. The van der Waals surface area contributed by atoms with Crippen molar-refractivity contribution in [2.24, 2.45) is 0 Å². The number of benzene rings is 3. The average molecular weight is 410 g/mol. The number of H-pyrrole nitrogens is 1. The Labute approximate surface area is 182 Å². The quantitative estimate of drug-likeness (QED) is 0.414. The van der Waals surface area contributed by atoms with E-state index in [1.807, 2.05) is 36.4 Å². The van der Waals surface area contributed by atoms with Crippen molar-refractivity contribution in [1.82, 2.24) is 15.6 Å². The predicted octanol–water partition coefficient (Wildman–Crippen LogP) is 5.42. The van der Waals surface area contributed by atoms with Gasteiger partial charge in [0.25, 0.3) is 0 Å². The maximum atomic E-state index is 13.0. The van der Waals surface area contributed by atoms with Gasteiger partial charge in [0.1, 0.15) is 0 Å². The number of nitrogens with one attached hydrogen (secondary N) is 3. The molecule has 0 saturated carbocycles. The first-order chi connectivity index (χ1) is 15.2. The van der Waals surface area contributed by atoms with E-state index in [0.29, 0.717) is 0 Å². The lowest BCUT2D eigenvalue weighted by atomic mass is 9.91. The summed E-state index contributed by atoms with van der Waals surface area (Å²) in [6, 6.07) is 26.6. The smallest absolute Gasteiger partial charge is 0.315 e. The number of hydrogen-bond donors (Lipinski definition) is 3. The van der Waals surface area contributed by atoms with Gasteiger partial charge in [-0.1, -0.05) is 72.3 Å². The summed E-state index contributed by atoms with van der Waals surface area (Å²) >= 11 is 0. The molecule has 0 spiro atoms. The Bertz CT molecular complexity index is 1160. The second-order valence-electron chi connectivity index (χ2n) is 8.44. The lowest BCUT2D eigenvalue weighted by molar-refractivity contribution is 0.233. The summed E-state index contributed by atoms with van der Waals surface area (Å²) in [4.78, 5) is 16.5. The number of rotatable bonds is 4. The number of aromatic amines is 1. The van der Waals surface area contributed by atoms with E-state index in [-0.39, 0.29) is 18.1 Å². The minimum Gasteiger partial charge on any atom is -0.358 e. The summed E-state index contributed by atoms with van der Waals surface area (Å²) < 4.78 is 0. The summed E-state index contributed by atoms with van der Waals surface area (Å²) in [6.07, 6.45) is 2.75. The van der Waals surface area contributed by atoms with Gasteiger partial charge in [-0.05, 0) is 48.6 Å². The minimum atomic E-state index is -0.183. The molecule has 1 unspecified atom stereocenters. The zero-order chi connectivity index (χ0) is 21.2. The summed E-state index contributed by atoms with van der Waals surface area (Å²) in [5.41, 5.74) is 7.26. The van der Waals surface area contributed by atoms with E-state index in [4.69, 9.17) is 0 Å². The molecule has 0 aliphatic heterocycles. The molecular formula is C27H27N3O. The summed E-state index contributed by atoms with van der Waals surface area (Å²) in [5.74, 6) is 0. The van der Waals surface area contributed by atoms with Crippen molar-refractivity contribution >= 4 is 16.9 Å². The molecule has 1 aliphatic carbocycles. The number of carbonyl (C=O) groups excluding carboxylic acids is 1. The number of aryl methyl sites for hydroxylation is 2. The molecule has 2 amide bonds. The fourth-order valence-corrected chi connectivity index (χ4v) is 4.68. The Kier molecular flexibility index (Phi) is 5.21. The van der Waals surface area contributed by atoms with Crippen molar-refractivity contribution in [3.05, 3.63) is 107 Å².